The summed E-state index contributed by atoms with van der Waals surface area (Å²) in [5, 5.41) is 28.7. The third-order valence-corrected chi connectivity index (χ3v) is 7.36. The molecule has 2 saturated heterocycles. The highest BCUT2D eigenvalue weighted by molar-refractivity contribution is 5.78. The van der Waals surface area contributed by atoms with E-state index in [1.165, 1.54) is 16.7 Å². The number of carbonyl (C=O) groups is 3. The van der Waals surface area contributed by atoms with E-state index in [1.807, 2.05) is 12.3 Å². The molecule has 1 amide bonds. The Morgan fingerprint density at radius 1 is 0.976 bits per heavy atom. The zero-order valence-corrected chi connectivity index (χ0v) is 22.0. The summed E-state index contributed by atoms with van der Waals surface area (Å²) in [7, 11) is 0. The number of likely N-dealkylation sites (tertiary alicyclic amines) is 1. The summed E-state index contributed by atoms with van der Waals surface area (Å²) in [5.41, 5.74) is 3.46. The fourth-order valence-electron chi connectivity index (χ4n) is 5.45. The molecule has 3 aliphatic rings. The van der Waals surface area contributed by atoms with E-state index in [1.54, 1.807) is 6.26 Å². The number of piperidine rings is 1. The van der Waals surface area contributed by atoms with Crippen molar-refractivity contribution in [2.75, 3.05) is 32.7 Å². The fourth-order valence-corrected chi connectivity index (χ4v) is 5.45. The van der Waals surface area contributed by atoms with Crippen LogP contribution in [0.2, 0.25) is 0 Å². The van der Waals surface area contributed by atoms with Crippen molar-refractivity contribution in [1.82, 2.24) is 15.1 Å². The minimum atomic E-state index is -5.08. The molecule has 1 aliphatic carbocycles. The maximum atomic E-state index is 12.0. The molecule has 5 rings (SSSR count). The van der Waals surface area contributed by atoms with Crippen LogP contribution in [0.15, 0.2) is 47.3 Å². The second kappa shape index (κ2) is 13.1. The van der Waals surface area contributed by atoms with Crippen LogP contribution in [-0.2, 0) is 26.3 Å². The number of aliphatic hydroxyl groups excluding tert-OH is 1. The van der Waals surface area contributed by atoms with Gasteiger partial charge in [-0.15, -0.1) is 0 Å². The molecule has 1 spiro atoms. The number of fused-ring (bicyclic) bond motifs is 2. The van der Waals surface area contributed by atoms with Gasteiger partial charge in [-0.2, -0.15) is 26.3 Å². The first-order chi connectivity index (χ1) is 19.6. The zero-order valence-electron chi connectivity index (χ0n) is 22.0. The minimum absolute atomic E-state index is 0.0480. The number of rotatable bonds is 3. The summed E-state index contributed by atoms with van der Waals surface area (Å²) in [6, 6.07) is 10.4. The topological polar surface area (TPSA) is 144 Å². The first kappa shape index (κ1) is 32.9. The normalized spacial score (nSPS) is 22.2. The van der Waals surface area contributed by atoms with Crippen molar-refractivity contribution in [3.05, 3.63) is 59.5 Å². The molecular formula is C26H29F6N3O7. The minimum Gasteiger partial charge on any atom is -0.475 e. The van der Waals surface area contributed by atoms with Crippen molar-refractivity contribution in [1.29, 1.82) is 0 Å². The van der Waals surface area contributed by atoms with Crippen molar-refractivity contribution in [3.63, 3.8) is 0 Å². The molecule has 0 saturated carbocycles. The number of aliphatic hydroxyl groups is 1. The first-order valence-electron chi connectivity index (χ1n) is 12.7. The number of hydrogen-bond donors (Lipinski definition) is 4. The zero-order chi connectivity index (χ0) is 31.3. The van der Waals surface area contributed by atoms with Crippen LogP contribution >= 0.6 is 0 Å². The summed E-state index contributed by atoms with van der Waals surface area (Å²) >= 11 is 0. The summed E-state index contributed by atoms with van der Waals surface area (Å²) in [6.45, 7) is 4.58. The molecule has 2 fully saturated rings. The molecule has 0 unspecified atom stereocenters. The van der Waals surface area contributed by atoms with Crippen LogP contribution in [0.4, 0.5) is 26.3 Å². The predicted octanol–water partition coefficient (Wildman–Crippen LogP) is 2.93. The Morgan fingerprint density at radius 2 is 1.55 bits per heavy atom. The Hall–Kier alpha value is -3.63. The molecule has 42 heavy (non-hydrogen) atoms. The number of amides is 1. The molecule has 2 atom stereocenters. The van der Waals surface area contributed by atoms with E-state index in [0.29, 0.717) is 13.1 Å². The molecule has 2 aromatic rings. The van der Waals surface area contributed by atoms with Gasteiger partial charge in [0, 0.05) is 30.6 Å². The van der Waals surface area contributed by atoms with Crippen molar-refractivity contribution < 1.29 is 60.5 Å². The highest BCUT2D eigenvalue weighted by atomic mass is 19.4. The number of aliphatic carboxylic acids is 2. The van der Waals surface area contributed by atoms with Crippen LogP contribution in [-0.4, -0.2) is 94.1 Å². The molecule has 10 nitrogen and oxygen atoms in total. The lowest BCUT2D eigenvalue weighted by Gasteiger charge is -2.44. The average Bonchev–Trinajstić information content (AvgIpc) is 3.50. The van der Waals surface area contributed by atoms with Crippen LogP contribution < -0.4 is 5.32 Å². The monoisotopic (exact) mass is 609 g/mol. The quantitative estimate of drug-likeness (QED) is 0.387. The number of hydrogen-bond acceptors (Lipinski definition) is 7. The van der Waals surface area contributed by atoms with Crippen LogP contribution in [0.3, 0.4) is 0 Å². The maximum absolute atomic E-state index is 12.0. The molecule has 4 N–H and O–H groups in total. The standard InChI is InChI=1S/C22H27N3O3.2C2HF3O2/c26-19-14-25(11-8-23-19)20-17-3-1-2-4-18(17)22(21(20)27)6-9-24(10-7-22)13-16-5-12-28-15-16;2*3-2(4,5)1(6)7/h1-5,12,15,20-21,27H,6-11,13-14H2,(H,23,26);2*(H,6,7)/t20-,21+;;/m1../s1. The first-order valence-corrected chi connectivity index (χ1v) is 12.7. The van der Waals surface area contributed by atoms with Gasteiger partial charge in [0.1, 0.15) is 0 Å². The number of piperazine rings is 1. The second-order valence-corrected chi connectivity index (χ2v) is 9.97. The molecule has 0 radical (unpaired) electrons. The van der Waals surface area contributed by atoms with Crippen molar-refractivity contribution in [2.45, 2.75) is 49.3 Å². The molecule has 1 aromatic heterocycles. The van der Waals surface area contributed by atoms with Crippen LogP contribution in [0.25, 0.3) is 0 Å². The van der Waals surface area contributed by atoms with Crippen molar-refractivity contribution >= 4 is 17.8 Å². The summed E-state index contributed by atoms with van der Waals surface area (Å²) < 4.78 is 68.7. The third-order valence-electron chi connectivity index (χ3n) is 7.36. The largest absolute Gasteiger partial charge is 0.490 e. The van der Waals surface area contributed by atoms with Gasteiger partial charge in [0.05, 0.1) is 31.2 Å². The maximum Gasteiger partial charge on any atom is 0.490 e. The number of alkyl halides is 6. The lowest BCUT2D eigenvalue weighted by molar-refractivity contribution is -0.193. The average molecular weight is 610 g/mol. The molecular weight excluding hydrogens is 580 g/mol. The summed E-state index contributed by atoms with van der Waals surface area (Å²) in [6.07, 6.45) is -5.26. The molecule has 1 aromatic carbocycles. The van der Waals surface area contributed by atoms with E-state index in [2.05, 4.69) is 39.4 Å². The Bertz CT molecular complexity index is 1200. The van der Waals surface area contributed by atoms with Crippen LogP contribution in [0.5, 0.6) is 0 Å². The lowest BCUT2D eigenvalue weighted by atomic mass is 9.72. The number of furan rings is 1. The number of nitrogens with one attached hydrogen (secondary N) is 1. The Morgan fingerprint density at radius 3 is 2.05 bits per heavy atom. The number of benzene rings is 1. The number of nitrogens with zero attached hydrogens (tertiary/aromatic N) is 2. The Balaban J connectivity index is 0.000000289. The van der Waals surface area contributed by atoms with Crippen molar-refractivity contribution in [2.24, 2.45) is 0 Å². The van der Waals surface area contributed by atoms with E-state index in [9.17, 15) is 36.2 Å². The highest BCUT2D eigenvalue weighted by Crippen LogP contribution is 2.52. The van der Waals surface area contributed by atoms with E-state index in [4.69, 9.17) is 24.2 Å². The lowest BCUT2D eigenvalue weighted by Crippen LogP contribution is -2.53. The Labute approximate surface area is 235 Å². The van der Waals surface area contributed by atoms with E-state index in [0.717, 1.165) is 39.0 Å². The van der Waals surface area contributed by atoms with E-state index < -0.39 is 30.4 Å². The molecule has 0 bridgehead atoms. The molecule has 2 aliphatic heterocycles. The second-order valence-electron chi connectivity index (χ2n) is 9.97. The Kier molecular flexibility index (Phi) is 10.3. The smallest absolute Gasteiger partial charge is 0.475 e. The number of carbonyl (C=O) groups excluding carboxylic acids is 1. The third kappa shape index (κ3) is 7.80. The van der Waals surface area contributed by atoms with Gasteiger partial charge < -0.3 is 25.1 Å². The van der Waals surface area contributed by atoms with Gasteiger partial charge in [0.25, 0.3) is 0 Å². The molecule has 16 heteroatoms. The summed E-state index contributed by atoms with van der Waals surface area (Å²) in [4.78, 5) is 34.4. The SMILES string of the molecule is O=C(O)C(F)(F)F.O=C(O)C(F)(F)F.O=C1CN([C@@H]2c3ccccc3C3(CCN(Cc4ccoc4)CC3)[C@H]2O)CCN1. The van der Waals surface area contributed by atoms with Gasteiger partial charge in [-0.25, -0.2) is 9.59 Å². The number of halogens is 6. The van der Waals surface area contributed by atoms with E-state index in [-0.39, 0.29) is 17.4 Å². The number of carboxylic acids is 2. The summed E-state index contributed by atoms with van der Waals surface area (Å²) in [5.74, 6) is -5.47. The van der Waals surface area contributed by atoms with Crippen molar-refractivity contribution in [3.8, 4) is 0 Å². The van der Waals surface area contributed by atoms with E-state index >= 15 is 0 Å². The van der Waals surface area contributed by atoms with Gasteiger partial charge in [-0.3, -0.25) is 14.6 Å². The van der Waals surface area contributed by atoms with Crippen LogP contribution in [0.1, 0.15) is 35.6 Å². The fraction of sp³-hybridized carbons (Fsp3) is 0.500. The van der Waals surface area contributed by atoms with Crippen LogP contribution in [0, 0.1) is 0 Å². The predicted molar refractivity (Wildman–Crippen MR) is 132 cm³/mol. The van der Waals surface area contributed by atoms with Gasteiger partial charge in [0.2, 0.25) is 5.91 Å². The van der Waals surface area contributed by atoms with Gasteiger partial charge >= 0.3 is 24.3 Å². The van der Waals surface area contributed by atoms with Gasteiger partial charge in [-0.05, 0) is 43.1 Å². The molecule has 232 valence electrons. The van der Waals surface area contributed by atoms with Gasteiger partial charge in [0.15, 0.2) is 0 Å². The highest BCUT2D eigenvalue weighted by Gasteiger charge is 2.54. The van der Waals surface area contributed by atoms with Gasteiger partial charge in [-0.1, -0.05) is 24.3 Å². The molecule has 3 heterocycles. The number of carboxylic acid groups (broad SMARTS) is 2.